The van der Waals surface area contributed by atoms with Gasteiger partial charge in [-0.25, -0.2) is 0 Å². The number of carboxylic acids is 1. The summed E-state index contributed by atoms with van der Waals surface area (Å²) in [4.78, 5) is 13.2. The summed E-state index contributed by atoms with van der Waals surface area (Å²) in [5.41, 5.74) is -2.69. The van der Waals surface area contributed by atoms with Crippen LogP contribution in [0.25, 0.3) is 0 Å². The smallest absolute Gasteiger partial charge is 0.309 e. The summed E-state index contributed by atoms with van der Waals surface area (Å²) in [7, 11) is 1.72. The molecule has 13 atom stereocenters. The zero-order valence-electron chi connectivity index (χ0n) is 28.1. The first-order chi connectivity index (χ1) is 20.4. The van der Waals surface area contributed by atoms with Crippen molar-refractivity contribution >= 4 is 5.97 Å². The zero-order chi connectivity index (χ0) is 32.3. The van der Waals surface area contributed by atoms with E-state index in [2.05, 4.69) is 34.6 Å². The molecule has 0 heterocycles. The van der Waals surface area contributed by atoms with Crippen LogP contribution in [-0.2, 0) is 9.53 Å². The van der Waals surface area contributed by atoms with E-state index >= 15 is 0 Å². The Labute approximate surface area is 263 Å². The number of hydrogen-bond donors (Lipinski definition) is 4. The fraction of sp³-hybridized carbons (Fsp3) is 0.811. The number of carboxylic acid groups (broad SMARTS) is 1. The fourth-order valence-corrected chi connectivity index (χ4v) is 12.9. The van der Waals surface area contributed by atoms with Crippen LogP contribution >= 0.6 is 0 Å². The summed E-state index contributed by atoms with van der Waals surface area (Å²) in [6.45, 7) is 15.8. The van der Waals surface area contributed by atoms with E-state index in [0.717, 1.165) is 37.9 Å². The maximum Gasteiger partial charge on any atom is 0.309 e. The Morgan fingerprint density at radius 2 is 1.52 bits per heavy atom. The Morgan fingerprint density at radius 1 is 0.886 bits per heavy atom. The molecule has 246 valence electrons. The van der Waals surface area contributed by atoms with Crippen molar-refractivity contribution in [2.24, 2.45) is 56.7 Å². The highest BCUT2D eigenvalue weighted by atomic mass is 16.5. The van der Waals surface area contributed by atoms with Crippen molar-refractivity contribution in [2.75, 3.05) is 7.11 Å². The predicted molar refractivity (Wildman–Crippen MR) is 168 cm³/mol. The number of aromatic hydroxyl groups is 1. The molecule has 7 heteroatoms. The fourth-order valence-electron chi connectivity index (χ4n) is 12.9. The van der Waals surface area contributed by atoms with E-state index in [1.54, 1.807) is 19.2 Å². The maximum absolute atomic E-state index is 13.2. The minimum Gasteiger partial charge on any atom is -0.508 e. The molecule has 5 aliphatic carbocycles. The lowest BCUT2D eigenvalue weighted by Crippen LogP contribution is -2.75. The molecule has 7 nitrogen and oxygen atoms in total. The van der Waals surface area contributed by atoms with Gasteiger partial charge in [0, 0.05) is 7.11 Å². The first kappa shape index (κ1) is 32.1. The molecule has 4 N–H and O–H groups in total. The number of benzene rings is 1. The second-order valence-electron chi connectivity index (χ2n) is 17.4. The molecule has 0 amide bonds. The molecule has 0 spiro atoms. The van der Waals surface area contributed by atoms with Crippen molar-refractivity contribution in [3.05, 3.63) is 24.3 Å². The highest BCUT2D eigenvalue weighted by Crippen LogP contribution is 2.77. The first-order valence-corrected chi connectivity index (χ1v) is 17.0. The number of methoxy groups -OCH3 is 1. The molecule has 0 aliphatic heterocycles. The van der Waals surface area contributed by atoms with Gasteiger partial charge in [-0.3, -0.25) is 4.79 Å². The Balaban J connectivity index is 1.45. The van der Waals surface area contributed by atoms with Gasteiger partial charge in [0.05, 0.1) is 29.3 Å². The molecule has 0 saturated heterocycles. The highest BCUT2D eigenvalue weighted by molar-refractivity contribution is 5.76. The molecule has 5 fully saturated rings. The van der Waals surface area contributed by atoms with Gasteiger partial charge in [0.25, 0.3) is 0 Å². The summed E-state index contributed by atoms with van der Waals surface area (Å²) < 4.78 is 13.1. The molecule has 0 bridgehead atoms. The van der Waals surface area contributed by atoms with E-state index in [1.165, 1.54) is 0 Å². The Morgan fingerprint density at radius 3 is 2.14 bits per heavy atom. The number of fused-ring (bicyclic) bond motifs is 7. The molecule has 1 aromatic rings. The standard InChI is InChI=1S/C37H56O7/c1-21-26-27-28(39)29(43-8)30-33(4)20-24(44-23-11-9-22(38)10-12-23)19-32(2,3)25(33)13-14-35(30,6)34(27,5)15-17-37(26,31(40)41)18-16-36(21,7)42/h9-12,21,24-30,38-39,42H,13-20H2,1-8H3,(H,40,41)/t21-,24?,25+,26+,27+,28+,29+,30-,33+,34-,35-,36+,37-/m1/s1. The van der Waals surface area contributed by atoms with Gasteiger partial charge in [-0.05, 0) is 134 Å². The summed E-state index contributed by atoms with van der Waals surface area (Å²) in [6, 6.07) is 6.98. The Hall–Kier alpha value is -1.83. The minimum absolute atomic E-state index is 0.00146. The lowest BCUT2D eigenvalue weighted by molar-refractivity contribution is -0.320. The van der Waals surface area contributed by atoms with Crippen LogP contribution in [0, 0.1) is 56.7 Å². The normalized spacial score (nSPS) is 51.2. The molecule has 44 heavy (non-hydrogen) atoms. The molecule has 0 aromatic heterocycles. The number of ether oxygens (including phenoxy) is 2. The quantitative estimate of drug-likeness (QED) is 0.300. The molecule has 1 aromatic carbocycles. The number of aliphatic carboxylic acids is 1. The Bertz CT molecular complexity index is 1270. The van der Waals surface area contributed by atoms with E-state index in [1.807, 2.05) is 26.0 Å². The van der Waals surface area contributed by atoms with Crippen molar-refractivity contribution < 1.29 is 34.7 Å². The van der Waals surface area contributed by atoms with E-state index < -0.39 is 29.2 Å². The van der Waals surface area contributed by atoms with Gasteiger partial charge in [0.15, 0.2) is 0 Å². The largest absolute Gasteiger partial charge is 0.508 e. The molecule has 1 unspecified atom stereocenters. The van der Waals surface area contributed by atoms with E-state index in [-0.39, 0.29) is 57.2 Å². The summed E-state index contributed by atoms with van der Waals surface area (Å²) >= 11 is 0. The van der Waals surface area contributed by atoms with Gasteiger partial charge in [0.2, 0.25) is 0 Å². The maximum atomic E-state index is 13.2. The third kappa shape index (κ3) is 4.20. The second kappa shape index (κ2) is 10.1. The van der Waals surface area contributed by atoms with Crippen LogP contribution in [0.2, 0.25) is 0 Å². The van der Waals surface area contributed by atoms with E-state index in [9.17, 15) is 25.2 Å². The van der Waals surface area contributed by atoms with Gasteiger partial charge in [-0.15, -0.1) is 0 Å². The number of carbonyl (C=O) groups is 1. The molecular formula is C37H56O7. The van der Waals surface area contributed by atoms with Gasteiger partial charge in [-0.2, -0.15) is 0 Å². The molecule has 0 radical (unpaired) electrons. The molecule has 5 saturated carbocycles. The van der Waals surface area contributed by atoms with Crippen LogP contribution in [0.15, 0.2) is 24.3 Å². The zero-order valence-corrected chi connectivity index (χ0v) is 28.1. The van der Waals surface area contributed by atoms with Crippen LogP contribution in [0.5, 0.6) is 11.5 Å². The predicted octanol–water partition coefficient (Wildman–Crippen LogP) is 6.67. The third-order valence-corrected chi connectivity index (χ3v) is 15.1. The van der Waals surface area contributed by atoms with E-state index in [4.69, 9.17) is 9.47 Å². The summed E-state index contributed by atoms with van der Waals surface area (Å²) in [5, 5.41) is 44.8. The number of phenolic OH excluding ortho intramolecular Hbond substituents is 1. The van der Waals surface area contributed by atoms with Crippen molar-refractivity contribution in [1.82, 2.24) is 0 Å². The van der Waals surface area contributed by atoms with Gasteiger partial charge >= 0.3 is 5.97 Å². The average Bonchev–Trinajstić information content (AvgIpc) is 2.92. The lowest BCUT2D eigenvalue weighted by atomic mass is 9.30. The van der Waals surface area contributed by atoms with Crippen LogP contribution in [-0.4, -0.2) is 57.4 Å². The van der Waals surface area contributed by atoms with Gasteiger partial charge < -0.3 is 29.9 Å². The van der Waals surface area contributed by atoms with Crippen molar-refractivity contribution in [1.29, 1.82) is 0 Å². The van der Waals surface area contributed by atoms with Crippen LogP contribution in [0.1, 0.15) is 99.8 Å². The molecular weight excluding hydrogens is 556 g/mol. The molecule has 5 aliphatic rings. The van der Waals surface area contributed by atoms with E-state index in [0.29, 0.717) is 25.2 Å². The lowest BCUT2D eigenvalue weighted by Gasteiger charge is -2.75. The minimum atomic E-state index is -0.988. The topological polar surface area (TPSA) is 116 Å². The Kier molecular flexibility index (Phi) is 7.36. The average molecular weight is 613 g/mol. The third-order valence-electron chi connectivity index (χ3n) is 15.1. The van der Waals surface area contributed by atoms with Crippen molar-refractivity contribution in [2.45, 2.75) is 124 Å². The number of hydrogen-bond acceptors (Lipinski definition) is 6. The van der Waals surface area contributed by atoms with Gasteiger partial charge in [0.1, 0.15) is 11.5 Å². The van der Waals surface area contributed by atoms with Crippen molar-refractivity contribution in [3.8, 4) is 11.5 Å². The SMILES string of the molecule is CO[C@H]1[C@@H](O)[C@@H]2[C@@H]3[C@@H](C)[C@@](C)(O)CC[C@]3(C(=O)O)CC[C@@]2(C)[C@]2(C)CC[C@H]3C(C)(C)CC(Oc4ccc(O)cc4)C[C@]3(C)[C@@H]12. The number of phenols is 1. The number of aliphatic hydroxyl groups is 2. The number of rotatable bonds is 4. The van der Waals surface area contributed by atoms with Crippen molar-refractivity contribution in [3.63, 3.8) is 0 Å². The van der Waals surface area contributed by atoms with Crippen LogP contribution in [0.3, 0.4) is 0 Å². The summed E-state index contributed by atoms with van der Waals surface area (Å²) in [6.07, 6.45) is 4.71. The van der Waals surface area contributed by atoms with Crippen LogP contribution < -0.4 is 4.74 Å². The summed E-state index contributed by atoms with van der Waals surface area (Å²) in [5.74, 6) is -0.295. The number of aliphatic hydroxyl groups excluding tert-OH is 1. The highest BCUT2D eigenvalue weighted by Gasteiger charge is 2.76. The first-order valence-electron chi connectivity index (χ1n) is 17.0. The monoisotopic (exact) mass is 612 g/mol. The second-order valence-corrected chi connectivity index (χ2v) is 17.4. The molecule has 6 rings (SSSR count). The van der Waals surface area contributed by atoms with Gasteiger partial charge in [-0.1, -0.05) is 41.5 Å². The van der Waals surface area contributed by atoms with Crippen LogP contribution in [0.4, 0.5) is 0 Å².